The lowest BCUT2D eigenvalue weighted by Crippen LogP contribution is -2.55. The molecule has 2 fully saturated rings. The molecule has 132 valence electrons. The van der Waals surface area contributed by atoms with E-state index < -0.39 is 24.6 Å². The lowest BCUT2D eigenvalue weighted by Gasteiger charge is -2.38. The van der Waals surface area contributed by atoms with Crippen molar-refractivity contribution in [3.8, 4) is 0 Å². The zero-order valence-electron chi connectivity index (χ0n) is 13.9. The molecule has 2 aromatic rings. The molecule has 25 heavy (non-hydrogen) atoms. The van der Waals surface area contributed by atoms with Crippen LogP contribution in [0.3, 0.4) is 0 Å². The highest BCUT2D eigenvalue weighted by molar-refractivity contribution is 5.14. The molecule has 2 aromatic carbocycles. The van der Waals surface area contributed by atoms with Crippen LogP contribution in [-0.2, 0) is 32.2 Å². The van der Waals surface area contributed by atoms with Crippen molar-refractivity contribution in [2.45, 2.75) is 43.9 Å². The first-order valence-corrected chi connectivity index (χ1v) is 8.57. The molecule has 4 rings (SSSR count). The number of aliphatic hydroxyl groups is 1. The van der Waals surface area contributed by atoms with Crippen LogP contribution < -0.4 is 0 Å². The molecule has 2 saturated heterocycles. The molecule has 0 saturated carbocycles. The molecule has 2 aliphatic rings. The van der Waals surface area contributed by atoms with Crippen LogP contribution in [0.5, 0.6) is 0 Å². The smallest absolute Gasteiger partial charge is 0.187 e. The molecule has 5 heteroatoms. The highest BCUT2D eigenvalue weighted by atomic mass is 16.8. The standard InChI is InChI=1S/C20H22O5/c21-17-16-13-24-20(25-16)19(23-12-15-9-5-2-6-10-15)18(17)22-11-14-7-3-1-4-8-14/h1-10,16-21H,11-13H2/t16?,17?,18-,19+,20?/m1/s1. The van der Waals surface area contributed by atoms with E-state index in [1.54, 1.807) is 0 Å². The van der Waals surface area contributed by atoms with Crippen LogP contribution in [0.4, 0.5) is 0 Å². The number of fused-ring (bicyclic) bond motifs is 2. The van der Waals surface area contributed by atoms with Gasteiger partial charge in [-0.3, -0.25) is 0 Å². The van der Waals surface area contributed by atoms with E-state index >= 15 is 0 Å². The van der Waals surface area contributed by atoms with Gasteiger partial charge in [-0.25, -0.2) is 0 Å². The number of benzene rings is 2. The summed E-state index contributed by atoms with van der Waals surface area (Å²) in [5.41, 5.74) is 2.11. The van der Waals surface area contributed by atoms with E-state index in [1.807, 2.05) is 60.7 Å². The van der Waals surface area contributed by atoms with Crippen molar-refractivity contribution in [1.82, 2.24) is 0 Å². The van der Waals surface area contributed by atoms with Crippen molar-refractivity contribution in [3.63, 3.8) is 0 Å². The second kappa shape index (κ2) is 7.64. The van der Waals surface area contributed by atoms with Gasteiger partial charge in [0.1, 0.15) is 24.4 Å². The number of hydrogen-bond acceptors (Lipinski definition) is 5. The minimum absolute atomic E-state index is 0.359. The Kier molecular flexibility index (Phi) is 5.10. The highest BCUT2D eigenvalue weighted by Gasteiger charge is 2.51. The van der Waals surface area contributed by atoms with E-state index in [0.29, 0.717) is 19.8 Å². The second-order valence-corrected chi connectivity index (χ2v) is 6.39. The fraction of sp³-hybridized carbons (Fsp3) is 0.400. The summed E-state index contributed by atoms with van der Waals surface area (Å²) in [6.45, 7) is 1.19. The average molecular weight is 342 g/mol. The Bertz CT molecular complexity index is 619. The van der Waals surface area contributed by atoms with Crippen molar-refractivity contribution in [3.05, 3.63) is 71.8 Å². The molecule has 0 radical (unpaired) electrons. The van der Waals surface area contributed by atoms with Gasteiger partial charge in [-0.1, -0.05) is 60.7 Å². The molecule has 3 unspecified atom stereocenters. The fourth-order valence-electron chi connectivity index (χ4n) is 3.25. The molecule has 0 aromatic heterocycles. The number of aliphatic hydroxyl groups excluding tert-OH is 1. The van der Waals surface area contributed by atoms with Crippen LogP contribution in [0.2, 0.25) is 0 Å². The largest absolute Gasteiger partial charge is 0.387 e. The summed E-state index contributed by atoms with van der Waals surface area (Å²) in [4.78, 5) is 0. The molecule has 0 amide bonds. The van der Waals surface area contributed by atoms with Gasteiger partial charge in [0.25, 0.3) is 0 Å². The Morgan fingerprint density at radius 3 is 2.00 bits per heavy atom. The maximum Gasteiger partial charge on any atom is 0.187 e. The van der Waals surface area contributed by atoms with Crippen molar-refractivity contribution in [2.75, 3.05) is 6.61 Å². The summed E-state index contributed by atoms with van der Waals surface area (Å²) < 4.78 is 23.4. The third-order valence-corrected chi connectivity index (χ3v) is 4.61. The summed E-state index contributed by atoms with van der Waals surface area (Å²) in [7, 11) is 0. The summed E-state index contributed by atoms with van der Waals surface area (Å²) in [6.07, 6.45) is -2.60. The first-order chi connectivity index (χ1) is 12.3. The van der Waals surface area contributed by atoms with E-state index in [1.165, 1.54) is 0 Å². The van der Waals surface area contributed by atoms with Gasteiger partial charge < -0.3 is 24.1 Å². The minimum Gasteiger partial charge on any atom is -0.387 e. The molecular formula is C20H22O5. The molecule has 0 aliphatic carbocycles. The second-order valence-electron chi connectivity index (χ2n) is 6.39. The maximum absolute atomic E-state index is 10.6. The normalized spacial score (nSPS) is 31.2. The highest BCUT2D eigenvalue weighted by Crippen LogP contribution is 2.32. The monoisotopic (exact) mass is 342 g/mol. The summed E-state index contributed by atoms with van der Waals surface area (Å²) in [5.74, 6) is 0. The molecule has 2 aliphatic heterocycles. The maximum atomic E-state index is 10.6. The van der Waals surface area contributed by atoms with Gasteiger partial charge in [0, 0.05) is 0 Å². The SMILES string of the molecule is OC1C2COC(O2)[C@@H](OCc2ccccc2)[C@@H]1OCc1ccccc1. The third-order valence-electron chi connectivity index (χ3n) is 4.61. The fourth-order valence-corrected chi connectivity index (χ4v) is 3.25. The number of rotatable bonds is 6. The van der Waals surface area contributed by atoms with E-state index in [4.69, 9.17) is 18.9 Å². The van der Waals surface area contributed by atoms with Crippen molar-refractivity contribution >= 4 is 0 Å². The van der Waals surface area contributed by atoms with Gasteiger partial charge in [-0.05, 0) is 11.1 Å². The van der Waals surface area contributed by atoms with Gasteiger partial charge in [-0.2, -0.15) is 0 Å². The van der Waals surface area contributed by atoms with E-state index in [0.717, 1.165) is 11.1 Å². The minimum atomic E-state index is -0.775. The lowest BCUT2D eigenvalue weighted by atomic mass is 10.0. The predicted molar refractivity (Wildman–Crippen MR) is 90.7 cm³/mol. The summed E-state index contributed by atoms with van der Waals surface area (Å²) in [6, 6.07) is 19.8. The Balaban J connectivity index is 1.45. The van der Waals surface area contributed by atoms with Crippen LogP contribution in [0.25, 0.3) is 0 Å². The zero-order valence-corrected chi connectivity index (χ0v) is 13.9. The van der Waals surface area contributed by atoms with E-state index in [-0.39, 0.29) is 6.10 Å². The van der Waals surface area contributed by atoms with Crippen molar-refractivity contribution < 1.29 is 24.1 Å². The molecule has 0 spiro atoms. The van der Waals surface area contributed by atoms with Gasteiger partial charge in [-0.15, -0.1) is 0 Å². The zero-order chi connectivity index (χ0) is 17.1. The number of ether oxygens (including phenoxy) is 4. The van der Waals surface area contributed by atoms with Gasteiger partial charge in [0.2, 0.25) is 0 Å². The number of hydrogen-bond donors (Lipinski definition) is 1. The van der Waals surface area contributed by atoms with Gasteiger partial charge in [0.05, 0.1) is 19.8 Å². The molecule has 2 bridgehead atoms. The predicted octanol–water partition coefficient (Wildman–Crippen LogP) is 2.27. The van der Waals surface area contributed by atoms with E-state index in [2.05, 4.69) is 0 Å². The summed E-state index contributed by atoms with van der Waals surface area (Å²) >= 11 is 0. The Morgan fingerprint density at radius 1 is 0.840 bits per heavy atom. The molecule has 1 N–H and O–H groups in total. The summed E-state index contributed by atoms with van der Waals surface area (Å²) in [5, 5.41) is 10.6. The lowest BCUT2D eigenvalue weighted by molar-refractivity contribution is -0.258. The van der Waals surface area contributed by atoms with Crippen molar-refractivity contribution in [1.29, 1.82) is 0 Å². The van der Waals surface area contributed by atoms with Gasteiger partial charge in [0.15, 0.2) is 6.29 Å². The van der Waals surface area contributed by atoms with Crippen LogP contribution >= 0.6 is 0 Å². The quantitative estimate of drug-likeness (QED) is 0.873. The molecule has 5 atom stereocenters. The van der Waals surface area contributed by atoms with Gasteiger partial charge >= 0.3 is 0 Å². The third kappa shape index (κ3) is 3.76. The molecule has 2 heterocycles. The Labute approximate surface area is 147 Å². The van der Waals surface area contributed by atoms with E-state index in [9.17, 15) is 5.11 Å². The first-order valence-electron chi connectivity index (χ1n) is 8.57. The average Bonchev–Trinajstić information content (AvgIpc) is 3.11. The van der Waals surface area contributed by atoms with Crippen LogP contribution in [0.1, 0.15) is 11.1 Å². The Hall–Kier alpha value is -1.76. The van der Waals surface area contributed by atoms with Crippen LogP contribution in [0.15, 0.2) is 60.7 Å². The Morgan fingerprint density at radius 2 is 1.40 bits per heavy atom. The molecule has 5 nitrogen and oxygen atoms in total. The van der Waals surface area contributed by atoms with Crippen LogP contribution in [-0.4, -0.2) is 42.4 Å². The first kappa shape index (κ1) is 16.7. The van der Waals surface area contributed by atoms with Crippen LogP contribution in [0, 0.1) is 0 Å². The molecular weight excluding hydrogens is 320 g/mol. The topological polar surface area (TPSA) is 57.2 Å². The van der Waals surface area contributed by atoms with Crippen molar-refractivity contribution in [2.24, 2.45) is 0 Å².